The molecule has 0 aliphatic heterocycles. The number of rotatable bonds is 6. The van der Waals surface area contributed by atoms with Crippen molar-refractivity contribution in [2.45, 2.75) is 31.8 Å². The number of benzene rings is 2. The SMILES string of the molecule is C[C@H](NC(=O)[C@](C)(Cc1c[nH]c2ccccc12)NC(=O)O)c1ccccc1. The van der Waals surface area contributed by atoms with E-state index in [2.05, 4.69) is 15.6 Å². The van der Waals surface area contributed by atoms with Gasteiger partial charge in [0.05, 0.1) is 6.04 Å². The molecule has 140 valence electrons. The number of hydrogen-bond donors (Lipinski definition) is 4. The third kappa shape index (κ3) is 4.11. The van der Waals surface area contributed by atoms with Crippen LogP contribution in [-0.4, -0.2) is 27.6 Å². The molecular weight excluding hydrogens is 342 g/mol. The third-order valence-electron chi connectivity index (χ3n) is 4.75. The van der Waals surface area contributed by atoms with Crippen LogP contribution in [0.25, 0.3) is 10.9 Å². The Morgan fingerprint density at radius 3 is 2.48 bits per heavy atom. The zero-order valence-corrected chi connectivity index (χ0v) is 15.3. The lowest BCUT2D eigenvalue weighted by atomic mass is 9.91. The van der Waals surface area contributed by atoms with E-state index in [0.29, 0.717) is 0 Å². The van der Waals surface area contributed by atoms with Crippen LogP contribution in [0, 0.1) is 0 Å². The van der Waals surface area contributed by atoms with E-state index in [-0.39, 0.29) is 18.4 Å². The number of H-pyrrole nitrogens is 1. The molecule has 0 fully saturated rings. The van der Waals surface area contributed by atoms with Crippen molar-refractivity contribution in [1.29, 1.82) is 0 Å². The van der Waals surface area contributed by atoms with Crippen LogP contribution in [0.1, 0.15) is 31.0 Å². The molecule has 0 unspecified atom stereocenters. The Morgan fingerprint density at radius 2 is 1.78 bits per heavy atom. The average molecular weight is 365 g/mol. The molecule has 0 saturated heterocycles. The van der Waals surface area contributed by atoms with Crippen molar-refractivity contribution < 1.29 is 14.7 Å². The second kappa shape index (κ2) is 7.53. The van der Waals surface area contributed by atoms with Gasteiger partial charge in [-0.3, -0.25) is 4.79 Å². The maximum Gasteiger partial charge on any atom is 0.405 e. The monoisotopic (exact) mass is 365 g/mol. The molecule has 2 aromatic carbocycles. The van der Waals surface area contributed by atoms with E-state index in [0.717, 1.165) is 22.0 Å². The molecule has 2 atom stereocenters. The van der Waals surface area contributed by atoms with Gasteiger partial charge < -0.3 is 20.7 Å². The molecule has 4 N–H and O–H groups in total. The first-order valence-corrected chi connectivity index (χ1v) is 8.81. The number of nitrogens with one attached hydrogen (secondary N) is 3. The Balaban J connectivity index is 1.85. The van der Waals surface area contributed by atoms with Crippen LogP contribution in [0.4, 0.5) is 4.79 Å². The molecule has 0 saturated carbocycles. The van der Waals surface area contributed by atoms with Crippen LogP contribution in [-0.2, 0) is 11.2 Å². The van der Waals surface area contributed by atoms with Crippen molar-refractivity contribution in [3.63, 3.8) is 0 Å². The Hall–Kier alpha value is -3.28. The molecule has 6 nitrogen and oxygen atoms in total. The topological polar surface area (TPSA) is 94.2 Å². The number of aromatic amines is 1. The predicted molar refractivity (Wildman–Crippen MR) is 105 cm³/mol. The van der Waals surface area contributed by atoms with Gasteiger partial charge in [0.15, 0.2) is 0 Å². The Kier molecular flexibility index (Phi) is 5.16. The van der Waals surface area contributed by atoms with Gasteiger partial charge in [-0.2, -0.15) is 0 Å². The maximum atomic E-state index is 13.0. The quantitative estimate of drug-likeness (QED) is 0.537. The summed E-state index contributed by atoms with van der Waals surface area (Å²) in [5, 5.41) is 15.6. The minimum absolute atomic E-state index is 0.233. The van der Waals surface area contributed by atoms with Gasteiger partial charge in [0.25, 0.3) is 0 Å². The highest BCUT2D eigenvalue weighted by Gasteiger charge is 2.36. The summed E-state index contributed by atoms with van der Waals surface area (Å²) in [5.74, 6) is -0.369. The Bertz CT molecular complexity index is 951. The zero-order chi connectivity index (χ0) is 19.4. The van der Waals surface area contributed by atoms with Gasteiger partial charge in [-0.25, -0.2) is 4.79 Å². The number of aromatic nitrogens is 1. The zero-order valence-electron chi connectivity index (χ0n) is 15.3. The Labute approximate surface area is 157 Å². The molecule has 6 heteroatoms. The third-order valence-corrected chi connectivity index (χ3v) is 4.75. The van der Waals surface area contributed by atoms with Gasteiger partial charge in [-0.05, 0) is 31.0 Å². The van der Waals surface area contributed by atoms with Gasteiger partial charge in [0, 0.05) is 23.5 Å². The summed E-state index contributed by atoms with van der Waals surface area (Å²) in [5.41, 5.74) is 1.48. The summed E-state index contributed by atoms with van der Waals surface area (Å²) in [6, 6.07) is 17.0. The average Bonchev–Trinajstić information content (AvgIpc) is 3.04. The van der Waals surface area contributed by atoms with E-state index in [4.69, 9.17) is 0 Å². The fraction of sp³-hybridized carbons (Fsp3) is 0.238. The van der Waals surface area contributed by atoms with E-state index in [1.165, 1.54) is 0 Å². The fourth-order valence-electron chi connectivity index (χ4n) is 3.26. The van der Waals surface area contributed by atoms with Crippen molar-refractivity contribution in [2.75, 3.05) is 0 Å². The summed E-state index contributed by atoms with van der Waals surface area (Å²) < 4.78 is 0. The highest BCUT2D eigenvalue weighted by molar-refractivity contribution is 5.91. The molecule has 2 amide bonds. The molecule has 3 rings (SSSR count). The predicted octanol–water partition coefficient (Wildman–Crippen LogP) is 3.61. The largest absolute Gasteiger partial charge is 0.465 e. The number of para-hydroxylation sites is 1. The number of carboxylic acid groups (broad SMARTS) is 1. The molecule has 0 aliphatic carbocycles. The first kappa shape index (κ1) is 18.5. The molecule has 0 spiro atoms. The Morgan fingerprint density at radius 1 is 1.11 bits per heavy atom. The molecule has 0 aliphatic rings. The second-order valence-electron chi connectivity index (χ2n) is 6.90. The number of amides is 2. The molecular formula is C21H23N3O3. The lowest BCUT2D eigenvalue weighted by Crippen LogP contribution is -2.58. The minimum atomic E-state index is -1.31. The molecule has 27 heavy (non-hydrogen) atoms. The molecule has 1 aromatic heterocycles. The highest BCUT2D eigenvalue weighted by Crippen LogP contribution is 2.23. The maximum absolute atomic E-state index is 13.0. The summed E-state index contributed by atoms with van der Waals surface area (Å²) in [6.45, 7) is 3.48. The van der Waals surface area contributed by atoms with E-state index in [1.54, 1.807) is 6.92 Å². The van der Waals surface area contributed by atoms with Crippen LogP contribution in [0.3, 0.4) is 0 Å². The number of carbonyl (C=O) groups is 2. The summed E-state index contributed by atoms with van der Waals surface area (Å²) >= 11 is 0. The van der Waals surface area contributed by atoms with Crippen LogP contribution >= 0.6 is 0 Å². The normalized spacial score (nSPS) is 14.3. The van der Waals surface area contributed by atoms with E-state index >= 15 is 0 Å². The van der Waals surface area contributed by atoms with E-state index in [9.17, 15) is 14.7 Å². The number of carbonyl (C=O) groups excluding carboxylic acids is 1. The van der Waals surface area contributed by atoms with Crippen molar-refractivity contribution >= 4 is 22.9 Å². The molecule has 0 bridgehead atoms. The highest BCUT2D eigenvalue weighted by atomic mass is 16.4. The van der Waals surface area contributed by atoms with Gasteiger partial charge >= 0.3 is 6.09 Å². The van der Waals surface area contributed by atoms with Crippen LogP contribution in [0.15, 0.2) is 60.8 Å². The second-order valence-corrected chi connectivity index (χ2v) is 6.90. The summed E-state index contributed by atoms with van der Waals surface area (Å²) in [6.07, 6.45) is 0.816. The first-order valence-electron chi connectivity index (χ1n) is 8.81. The summed E-state index contributed by atoms with van der Waals surface area (Å²) in [4.78, 5) is 27.5. The van der Waals surface area contributed by atoms with E-state index in [1.807, 2.05) is 67.7 Å². The van der Waals surface area contributed by atoms with Gasteiger partial charge in [0.2, 0.25) is 5.91 Å². The van der Waals surface area contributed by atoms with Crippen LogP contribution in [0.2, 0.25) is 0 Å². The van der Waals surface area contributed by atoms with E-state index < -0.39 is 11.6 Å². The van der Waals surface area contributed by atoms with Gasteiger partial charge in [0.1, 0.15) is 5.54 Å². The standard InChI is InChI=1S/C21H23N3O3/c1-14(15-8-4-3-5-9-15)23-19(25)21(2,24-20(26)27)12-16-13-22-18-11-7-6-10-17(16)18/h3-11,13-14,22,24H,12H2,1-2H3,(H,23,25)(H,26,27)/t14-,21-/m0/s1. The lowest BCUT2D eigenvalue weighted by molar-refractivity contribution is -0.127. The van der Waals surface area contributed by atoms with Gasteiger partial charge in [-0.15, -0.1) is 0 Å². The molecule has 1 heterocycles. The smallest absolute Gasteiger partial charge is 0.405 e. The lowest BCUT2D eigenvalue weighted by Gasteiger charge is -2.30. The van der Waals surface area contributed by atoms with Crippen molar-refractivity contribution in [3.05, 3.63) is 71.9 Å². The fourth-order valence-corrected chi connectivity index (χ4v) is 3.26. The molecule has 0 radical (unpaired) electrons. The molecule has 3 aromatic rings. The first-order chi connectivity index (χ1) is 12.9. The minimum Gasteiger partial charge on any atom is -0.465 e. The number of hydrogen-bond acceptors (Lipinski definition) is 2. The summed E-state index contributed by atoms with van der Waals surface area (Å²) in [7, 11) is 0. The van der Waals surface area contributed by atoms with Crippen LogP contribution in [0.5, 0.6) is 0 Å². The van der Waals surface area contributed by atoms with Crippen molar-refractivity contribution in [1.82, 2.24) is 15.6 Å². The number of fused-ring (bicyclic) bond motifs is 1. The van der Waals surface area contributed by atoms with Crippen molar-refractivity contribution in [2.24, 2.45) is 0 Å². The van der Waals surface area contributed by atoms with Crippen molar-refractivity contribution in [3.8, 4) is 0 Å². The van der Waals surface area contributed by atoms with Gasteiger partial charge in [-0.1, -0.05) is 48.5 Å². The van der Waals surface area contributed by atoms with Crippen LogP contribution < -0.4 is 10.6 Å².